The fourth-order valence-corrected chi connectivity index (χ4v) is 3.59. The van der Waals surface area contributed by atoms with Crippen LogP contribution in [0.5, 0.6) is 0 Å². The molecule has 0 spiro atoms. The summed E-state index contributed by atoms with van der Waals surface area (Å²) in [6.07, 6.45) is 5.07. The number of rotatable bonds is 6. The Balaban J connectivity index is 1.93. The first-order valence-corrected chi connectivity index (χ1v) is 8.35. The van der Waals surface area contributed by atoms with Crippen LogP contribution in [0.1, 0.15) is 38.7 Å². The summed E-state index contributed by atoms with van der Waals surface area (Å²) in [4.78, 5) is 0. The van der Waals surface area contributed by atoms with Crippen molar-refractivity contribution in [1.82, 2.24) is 5.32 Å². The maximum absolute atomic E-state index is 6.15. The molecule has 2 nitrogen and oxygen atoms in total. The second-order valence-electron chi connectivity index (χ2n) is 6.53. The molecule has 112 valence electrons. The van der Waals surface area contributed by atoms with Crippen LogP contribution in [0.2, 0.25) is 0 Å². The number of halogens is 1. The molecule has 3 heteroatoms. The lowest BCUT2D eigenvalue weighted by Crippen LogP contribution is -2.27. The van der Waals surface area contributed by atoms with E-state index in [9.17, 15) is 0 Å². The van der Waals surface area contributed by atoms with Gasteiger partial charge < -0.3 is 10.1 Å². The molecule has 1 saturated heterocycles. The number of hydrogen-bond acceptors (Lipinski definition) is 2. The van der Waals surface area contributed by atoms with Gasteiger partial charge in [0.15, 0.2) is 0 Å². The van der Waals surface area contributed by atoms with Crippen molar-refractivity contribution < 1.29 is 4.74 Å². The van der Waals surface area contributed by atoms with Crippen molar-refractivity contribution in [3.63, 3.8) is 0 Å². The number of benzene rings is 1. The Bertz CT molecular complexity index is 433. The van der Waals surface area contributed by atoms with E-state index in [2.05, 4.69) is 59.4 Å². The Morgan fingerprint density at radius 2 is 2.25 bits per heavy atom. The number of nitrogens with one attached hydrogen (secondary N) is 1. The third-order valence-corrected chi connectivity index (χ3v) is 4.55. The maximum atomic E-state index is 6.15. The summed E-state index contributed by atoms with van der Waals surface area (Å²) >= 11 is 3.55. The van der Waals surface area contributed by atoms with Gasteiger partial charge in [0.25, 0.3) is 0 Å². The normalized spacial score (nSPS) is 22.9. The van der Waals surface area contributed by atoms with Crippen LogP contribution in [-0.2, 0) is 11.2 Å². The molecule has 2 unspecified atom stereocenters. The van der Waals surface area contributed by atoms with Crippen LogP contribution in [0, 0.1) is 5.92 Å². The summed E-state index contributed by atoms with van der Waals surface area (Å²) in [5.41, 5.74) is 1.47. The SMILES string of the molecule is CNCC(Cc1cccc(Br)c1)CC1CCC(C)(C)O1. The smallest absolute Gasteiger partial charge is 0.0631 e. The van der Waals surface area contributed by atoms with Crippen LogP contribution in [-0.4, -0.2) is 25.3 Å². The van der Waals surface area contributed by atoms with Crippen LogP contribution in [0.3, 0.4) is 0 Å². The average Bonchev–Trinajstić information content (AvgIpc) is 2.69. The van der Waals surface area contributed by atoms with E-state index in [1.165, 1.54) is 18.4 Å². The monoisotopic (exact) mass is 339 g/mol. The molecular formula is C17H26BrNO. The zero-order chi connectivity index (χ0) is 14.6. The summed E-state index contributed by atoms with van der Waals surface area (Å²) in [5.74, 6) is 0.633. The van der Waals surface area contributed by atoms with Gasteiger partial charge in [-0.25, -0.2) is 0 Å². The first-order valence-electron chi connectivity index (χ1n) is 7.55. The van der Waals surface area contributed by atoms with Crippen LogP contribution in [0.15, 0.2) is 28.7 Å². The molecule has 20 heavy (non-hydrogen) atoms. The van der Waals surface area contributed by atoms with E-state index in [0.29, 0.717) is 12.0 Å². The summed E-state index contributed by atoms with van der Waals surface area (Å²) in [6.45, 7) is 5.45. The van der Waals surface area contributed by atoms with Crippen molar-refractivity contribution in [3.8, 4) is 0 Å². The van der Waals surface area contributed by atoms with Crippen LogP contribution in [0.25, 0.3) is 0 Å². The van der Waals surface area contributed by atoms with Gasteiger partial charge in [0.05, 0.1) is 11.7 Å². The lowest BCUT2D eigenvalue weighted by molar-refractivity contribution is -0.0243. The van der Waals surface area contributed by atoms with Crippen LogP contribution >= 0.6 is 15.9 Å². The second kappa shape index (κ2) is 7.06. The van der Waals surface area contributed by atoms with E-state index in [-0.39, 0.29) is 5.60 Å². The second-order valence-corrected chi connectivity index (χ2v) is 7.45. The maximum Gasteiger partial charge on any atom is 0.0631 e. The molecule has 1 aromatic carbocycles. The summed E-state index contributed by atoms with van der Waals surface area (Å²) in [7, 11) is 2.04. The van der Waals surface area contributed by atoms with E-state index >= 15 is 0 Å². The molecule has 1 aliphatic rings. The van der Waals surface area contributed by atoms with E-state index < -0.39 is 0 Å². The summed E-state index contributed by atoms with van der Waals surface area (Å²) in [6, 6.07) is 8.64. The van der Waals surface area contributed by atoms with Gasteiger partial charge in [-0.3, -0.25) is 0 Å². The van der Waals surface area contributed by atoms with Crippen molar-refractivity contribution in [2.45, 2.75) is 51.2 Å². The Labute approximate surface area is 131 Å². The van der Waals surface area contributed by atoms with Crippen molar-refractivity contribution in [2.75, 3.05) is 13.6 Å². The largest absolute Gasteiger partial charge is 0.372 e. The molecule has 0 radical (unpaired) electrons. The van der Waals surface area contributed by atoms with Gasteiger partial charge in [-0.2, -0.15) is 0 Å². The average molecular weight is 340 g/mol. The molecule has 0 bridgehead atoms. The van der Waals surface area contributed by atoms with Gasteiger partial charge >= 0.3 is 0 Å². The molecule has 1 N–H and O–H groups in total. The molecule has 2 rings (SSSR count). The Morgan fingerprint density at radius 3 is 2.85 bits per heavy atom. The van der Waals surface area contributed by atoms with Gasteiger partial charge in [-0.05, 0) is 76.7 Å². The molecule has 0 aliphatic carbocycles. The highest BCUT2D eigenvalue weighted by atomic mass is 79.9. The summed E-state index contributed by atoms with van der Waals surface area (Å²) in [5, 5.41) is 3.33. The molecule has 0 saturated carbocycles. The van der Waals surface area contributed by atoms with Crippen molar-refractivity contribution in [2.24, 2.45) is 5.92 Å². The fourth-order valence-electron chi connectivity index (χ4n) is 3.14. The fraction of sp³-hybridized carbons (Fsp3) is 0.647. The third-order valence-electron chi connectivity index (χ3n) is 4.06. The molecule has 1 aliphatic heterocycles. The van der Waals surface area contributed by atoms with Crippen molar-refractivity contribution >= 4 is 15.9 Å². The molecule has 0 amide bonds. The topological polar surface area (TPSA) is 21.3 Å². The van der Waals surface area contributed by atoms with Gasteiger partial charge in [0.1, 0.15) is 0 Å². The van der Waals surface area contributed by atoms with Gasteiger partial charge in [0, 0.05) is 4.47 Å². The minimum absolute atomic E-state index is 0.0740. The Morgan fingerprint density at radius 1 is 1.45 bits per heavy atom. The zero-order valence-corrected chi connectivity index (χ0v) is 14.4. The molecule has 1 fully saturated rings. The molecule has 1 heterocycles. The van der Waals surface area contributed by atoms with Gasteiger partial charge in [-0.15, -0.1) is 0 Å². The van der Waals surface area contributed by atoms with E-state index in [0.717, 1.165) is 23.9 Å². The first-order chi connectivity index (χ1) is 9.48. The van der Waals surface area contributed by atoms with Crippen LogP contribution < -0.4 is 5.32 Å². The molecule has 1 aromatic rings. The number of hydrogen-bond donors (Lipinski definition) is 1. The van der Waals surface area contributed by atoms with Crippen molar-refractivity contribution in [3.05, 3.63) is 34.3 Å². The Hall–Kier alpha value is -0.380. The highest BCUT2D eigenvalue weighted by molar-refractivity contribution is 9.10. The van der Waals surface area contributed by atoms with E-state index in [1.807, 2.05) is 7.05 Å². The van der Waals surface area contributed by atoms with Crippen LogP contribution in [0.4, 0.5) is 0 Å². The van der Waals surface area contributed by atoms with E-state index in [1.54, 1.807) is 0 Å². The molecule has 2 atom stereocenters. The minimum Gasteiger partial charge on any atom is -0.372 e. The van der Waals surface area contributed by atoms with Gasteiger partial charge in [0.2, 0.25) is 0 Å². The zero-order valence-electron chi connectivity index (χ0n) is 12.8. The third kappa shape index (κ3) is 4.87. The van der Waals surface area contributed by atoms with Crippen molar-refractivity contribution in [1.29, 1.82) is 0 Å². The Kier molecular flexibility index (Phi) is 5.65. The predicted octanol–water partition coefficient (Wildman–Crippen LogP) is 4.17. The predicted molar refractivity (Wildman–Crippen MR) is 88.1 cm³/mol. The lowest BCUT2D eigenvalue weighted by Gasteiger charge is -2.23. The highest BCUT2D eigenvalue weighted by Crippen LogP contribution is 2.33. The lowest BCUT2D eigenvalue weighted by atomic mass is 9.92. The first kappa shape index (κ1) is 16.0. The van der Waals surface area contributed by atoms with E-state index in [4.69, 9.17) is 4.74 Å². The number of ether oxygens (including phenoxy) is 1. The summed E-state index contributed by atoms with van der Waals surface area (Å²) < 4.78 is 7.31. The quantitative estimate of drug-likeness (QED) is 0.839. The molecule has 0 aromatic heterocycles. The minimum atomic E-state index is 0.0740. The molecular weight excluding hydrogens is 314 g/mol. The van der Waals surface area contributed by atoms with Gasteiger partial charge in [-0.1, -0.05) is 28.1 Å². The highest BCUT2D eigenvalue weighted by Gasteiger charge is 2.32. The standard InChI is InChI=1S/C17H26BrNO/c1-17(2)8-7-16(20-17)11-14(12-19-3)9-13-5-4-6-15(18)10-13/h4-6,10,14,16,19H,7-9,11-12H2,1-3H3.